The molecule has 6 nitrogen and oxygen atoms in total. The fraction of sp³-hybridized carbons (Fsp3) is 0.278. The van der Waals surface area contributed by atoms with Gasteiger partial charge >= 0.3 is 0 Å². The van der Waals surface area contributed by atoms with Crippen molar-refractivity contribution in [3.63, 3.8) is 0 Å². The quantitative estimate of drug-likeness (QED) is 0.632. The van der Waals surface area contributed by atoms with E-state index in [2.05, 4.69) is 0 Å². The molecule has 2 aromatic carbocycles. The van der Waals surface area contributed by atoms with Crippen molar-refractivity contribution >= 4 is 17.3 Å². The fourth-order valence-corrected chi connectivity index (χ4v) is 2.93. The zero-order valence-electron chi connectivity index (χ0n) is 13.6. The molecule has 3 rings (SSSR count). The summed E-state index contributed by atoms with van der Waals surface area (Å²) in [5, 5.41) is 10.9. The lowest BCUT2D eigenvalue weighted by Gasteiger charge is -2.36. The third kappa shape index (κ3) is 3.93. The Labute approximate surface area is 144 Å². The number of piperazine rings is 1. The second-order valence-electron chi connectivity index (χ2n) is 5.91. The van der Waals surface area contributed by atoms with Crippen molar-refractivity contribution < 1.29 is 14.1 Å². The van der Waals surface area contributed by atoms with Crippen LogP contribution in [0, 0.1) is 15.9 Å². The monoisotopic (exact) mass is 343 g/mol. The van der Waals surface area contributed by atoms with Crippen molar-refractivity contribution in [2.24, 2.45) is 0 Å². The number of halogens is 1. The first-order valence-corrected chi connectivity index (χ1v) is 8.05. The summed E-state index contributed by atoms with van der Waals surface area (Å²) in [6.07, 6.45) is 0.0451. The molecule has 0 unspecified atom stereocenters. The molecular weight excluding hydrogens is 325 g/mol. The molecule has 1 saturated heterocycles. The maximum atomic E-state index is 13.7. The van der Waals surface area contributed by atoms with Gasteiger partial charge in [-0.25, -0.2) is 4.39 Å². The highest BCUT2D eigenvalue weighted by Gasteiger charge is 2.22. The first kappa shape index (κ1) is 16.9. The highest BCUT2D eigenvalue weighted by Crippen LogP contribution is 2.22. The number of benzene rings is 2. The van der Waals surface area contributed by atoms with Crippen molar-refractivity contribution in [2.45, 2.75) is 6.42 Å². The summed E-state index contributed by atoms with van der Waals surface area (Å²) in [5.41, 5.74) is 1.22. The number of non-ortho nitro benzene ring substituents is 1. The molecule has 130 valence electrons. The topological polar surface area (TPSA) is 66.7 Å². The summed E-state index contributed by atoms with van der Waals surface area (Å²) >= 11 is 0. The van der Waals surface area contributed by atoms with Crippen LogP contribution >= 0.6 is 0 Å². The van der Waals surface area contributed by atoms with Crippen LogP contribution in [0.1, 0.15) is 5.56 Å². The molecule has 0 bridgehead atoms. The number of rotatable bonds is 4. The summed E-state index contributed by atoms with van der Waals surface area (Å²) in [6.45, 7) is 2.19. The van der Waals surface area contributed by atoms with Crippen molar-refractivity contribution in [3.05, 3.63) is 70.0 Å². The van der Waals surface area contributed by atoms with E-state index in [1.54, 1.807) is 29.2 Å². The maximum absolute atomic E-state index is 13.7. The van der Waals surface area contributed by atoms with E-state index in [4.69, 9.17) is 0 Å². The molecule has 1 fully saturated rings. The van der Waals surface area contributed by atoms with Crippen LogP contribution in [0.15, 0.2) is 48.5 Å². The molecule has 0 aromatic heterocycles. The minimum Gasteiger partial charge on any atom is -0.368 e. The molecule has 0 spiro atoms. The van der Waals surface area contributed by atoms with Crippen LogP contribution in [0.3, 0.4) is 0 Å². The molecule has 1 heterocycles. The number of hydrogen-bond acceptors (Lipinski definition) is 4. The van der Waals surface area contributed by atoms with Gasteiger partial charge in [-0.2, -0.15) is 0 Å². The van der Waals surface area contributed by atoms with Gasteiger partial charge in [0.15, 0.2) is 0 Å². The Bertz CT molecular complexity index is 789. The van der Waals surface area contributed by atoms with E-state index in [-0.39, 0.29) is 23.8 Å². The van der Waals surface area contributed by atoms with Gasteiger partial charge in [-0.05, 0) is 17.7 Å². The molecule has 0 saturated carbocycles. The predicted octanol–water partition coefficient (Wildman–Crippen LogP) is 2.63. The van der Waals surface area contributed by atoms with Gasteiger partial charge in [-0.3, -0.25) is 14.9 Å². The van der Waals surface area contributed by atoms with Crippen molar-refractivity contribution in [1.29, 1.82) is 0 Å². The fourth-order valence-electron chi connectivity index (χ4n) is 2.93. The van der Waals surface area contributed by atoms with Gasteiger partial charge in [0, 0.05) is 44.0 Å². The van der Waals surface area contributed by atoms with E-state index < -0.39 is 4.92 Å². The van der Waals surface area contributed by atoms with Crippen LogP contribution in [0.2, 0.25) is 0 Å². The molecule has 2 aromatic rings. The average molecular weight is 343 g/mol. The molecular formula is C18H18FN3O3. The molecule has 7 heteroatoms. The van der Waals surface area contributed by atoms with Crippen LogP contribution in [0.25, 0.3) is 0 Å². The number of carbonyl (C=O) groups is 1. The molecule has 1 amide bonds. The summed E-state index contributed by atoms with van der Waals surface area (Å²) in [6, 6.07) is 12.8. The number of nitro groups is 1. The third-order valence-corrected chi connectivity index (χ3v) is 4.34. The van der Waals surface area contributed by atoms with Crippen molar-refractivity contribution in [3.8, 4) is 0 Å². The van der Waals surface area contributed by atoms with Gasteiger partial charge in [0.2, 0.25) is 5.91 Å². The van der Waals surface area contributed by atoms with Gasteiger partial charge in [0.1, 0.15) is 5.82 Å². The molecule has 0 radical (unpaired) electrons. The van der Waals surface area contributed by atoms with E-state index >= 15 is 0 Å². The Morgan fingerprint density at radius 1 is 1.08 bits per heavy atom. The Balaban J connectivity index is 1.60. The molecule has 0 aliphatic carbocycles. The number of nitro benzene ring substituents is 1. The number of carbonyl (C=O) groups excluding carboxylic acids is 1. The van der Waals surface area contributed by atoms with E-state index in [0.29, 0.717) is 31.7 Å². The van der Waals surface area contributed by atoms with E-state index in [0.717, 1.165) is 5.69 Å². The number of amides is 1. The lowest BCUT2D eigenvalue weighted by Crippen LogP contribution is -2.49. The number of nitrogens with zero attached hydrogens (tertiary/aromatic N) is 3. The van der Waals surface area contributed by atoms with E-state index in [1.807, 2.05) is 11.0 Å². The largest absolute Gasteiger partial charge is 0.368 e. The highest BCUT2D eigenvalue weighted by molar-refractivity contribution is 5.79. The van der Waals surface area contributed by atoms with Crippen molar-refractivity contribution in [1.82, 2.24) is 4.90 Å². The SMILES string of the molecule is O=C(Cc1ccccc1F)N1CCN(c2cccc([N+](=O)[O-])c2)CC1. The Morgan fingerprint density at radius 3 is 2.48 bits per heavy atom. The van der Waals surface area contributed by atoms with Gasteiger partial charge in [0.05, 0.1) is 11.3 Å². The van der Waals surface area contributed by atoms with Gasteiger partial charge in [-0.15, -0.1) is 0 Å². The molecule has 0 atom stereocenters. The maximum Gasteiger partial charge on any atom is 0.271 e. The molecule has 1 aliphatic heterocycles. The van der Waals surface area contributed by atoms with E-state index in [1.165, 1.54) is 18.2 Å². The molecule has 0 N–H and O–H groups in total. The Morgan fingerprint density at radius 2 is 1.80 bits per heavy atom. The molecule has 1 aliphatic rings. The summed E-state index contributed by atoms with van der Waals surface area (Å²) in [7, 11) is 0. The summed E-state index contributed by atoms with van der Waals surface area (Å²) in [5.74, 6) is -0.477. The first-order chi connectivity index (χ1) is 12.0. The van der Waals surface area contributed by atoms with Gasteiger partial charge < -0.3 is 9.80 Å². The van der Waals surface area contributed by atoms with Gasteiger partial charge in [-0.1, -0.05) is 24.3 Å². The minimum atomic E-state index is -0.419. The van der Waals surface area contributed by atoms with E-state index in [9.17, 15) is 19.3 Å². The number of anilines is 1. The van der Waals surface area contributed by atoms with Crippen LogP contribution in [-0.2, 0) is 11.2 Å². The predicted molar refractivity (Wildman–Crippen MR) is 92.0 cm³/mol. The smallest absolute Gasteiger partial charge is 0.271 e. The van der Waals surface area contributed by atoms with Crippen LogP contribution in [-0.4, -0.2) is 41.9 Å². The lowest BCUT2D eigenvalue weighted by atomic mass is 10.1. The van der Waals surface area contributed by atoms with Crippen LogP contribution < -0.4 is 4.90 Å². The molecule has 25 heavy (non-hydrogen) atoms. The summed E-state index contributed by atoms with van der Waals surface area (Å²) < 4.78 is 13.7. The first-order valence-electron chi connectivity index (χ1n) is 8.05. The van der Waals surface area contributed by atoms with Crippen LogP contribution in [0.5, 0.6) is 0 Å². The Hall–Kier alpha value is -2.96. The second kappa shape index (κ2) is 7.29. The van der Waals surface area contributed by atoms with Crippen molar-refractivity contribution in [2.75, 3.05) is 31.1 Å². The Kier molecular flexibility index (Phi) is 4.92. The van der Waals surface area contributed by atoms with Crippen LogP contribution in [0.4, 0.5) is 15.8 Å². The third-order valence-electron chi connectivity index (χ3n) is 4.34. The standard InChI is InChI=1S/C18H18FN3O3/c19-17-7-2-1-4-14(17)12-18(23)21-10-8-20(9-11-21)15-5-3-6-16(13-15)22(24)25/h1-7,13H,8-12H2. The number of hydrogen-bond donors (Lipinski definition) is 0. The minimum absolute atomic E-state index is 0.0451. The van der Waals surface area contributed by atoms with Gasteiger partial charge in [0.25, 0.3) is 5.69 Å². The average Bonchev–Trinajstić information content (AvgIpc) is 2.64. The zero-order chi connectivity index (χ0) is 17.8. The lowest BCUT2D eigenvalue weighted by molar-refractivity contribution is -0.384. The zero-order valence-corrected chi connectivity index (χ0v) is 13.6. The normalized spacial score (nSPS) is 14.4. The summed E-state index contributed by atoms with van der Waals surface area (Å²) in [4.78, 5) is 26.5. The highest BCUT2D eigenvalue weighted by atomic mass is 19.1. The second-order valence-corrected chi connectivity index (χ2v) is 5.91.